The van der Waals surface area contributed by atoms with E-state index < -0.39 is 42.2 Å². The van der Waals surface area contributed by atoms with Gasteiger partial charge in [0.1, 0.15) is 35.7 Å². The number of nitrogens with two attached hydrogens (primary N) is 2. The molecule has 0 radical (unpaired) electrons. The molecule has 2 aromatic heterocycles. The molecule has 3 heterocycles. The number of carboxylic acids is 1. The van der Waals surface area contributed by atoms with Crippen LogP contribution in [-0.4, -0.2) is 76.4 Å². The quantitative estimate of drug-likeness (QED) is 0.293. The van der Waals surface area contributed by atoms with E-state index >= 15 is 0 Å². The lowest BCUT2D eigenvalue weighted by Crippen LogP contribution is -2.55. The van der Waals surface area contributed by atoms with Crippen molar-refractivity contribution in [3.8, 4) is 0 Å². The van der Waals surface area contributed by atoms with Crippen LogP contribution in [0, 0.1) is 0 Å². The molecular weight excluding hydrogens is 372 g/mol. The molecule has 0 aromatic carbocycles. The summed E-state index contributed by atoms with van der Waals surface area (Å²) in [6, 6.07) is -1.27. The maximum atomic E-state index is 11.4. The zero-order valence-corrected chi connectivity index (χ0v) is 15.0. The molecule has 5 atom stereocenters. The van der Waals surface area contributed by atoms with E-state index in [9.17, 15) is 20.1 Å². The highest BCUT2D eigenvalue weighted by atomic mass is 16.6. The Labute approximate surface area is 159 Å². The van der Waals surface area contributed by atoms with Gasteiger partial charge in [-0.3, -0.25) is 9.36 Å². The lowest BCUT2D eigenvalue weighted by Gasteiger charge is -2.39. The topological polar surface area (TPSA) is 203 Å². The van der Waals surface area contributed by atoms with E-state index in [1.54, 1.807) is 0 Å². The predicted octanol–water partition coefficient (Wildman–Crippen LogP) is -2.08. The van der Waals surface area contributed by atoms with Crippen LogP contribution in [0.1, 0.15) is 13.3 Å². The summed E-state index contributed by atoms with van der Waals surface area (Å²) in [6.45, 7) is 0.942. The summed E-state index contributed by atoms with van der Waals surface area (Å²) in [6.07, 6.45) is 2.26. The molecule has 1 saturated heterocycles. The fourth-order valence-electron chi connectivity index (χ4n) is 3.40. The van der Waals surface area contributed by atoms with Crippen molar-refractivity contribution in [1.82, 2.24) is 19.5 Å². The molecule has 28 heavy (non-hydrogen) atoms. The first-order valence-corrected chi connectivity index (χ1v) is 8.44. The number of nitrogens with zero attached hydrogens (tertiary/aromatic N) is 4. The zero-order chi connectivity index (χ0) is 20.7. The maximum absolute atomic E-state index is 11.4. The second-order valence-corrected chi connectivity index (χ2v) is 6.73. The molecule has 152 valence electrons. The van der Waals surface area contributed by atoms with Gasteiger partial charge in [-0.2, -0.15) is 0 Å². The second kappa shape index (κ2) is 7.07. The van der Waals surface area contributed by atoms with Gasteiger partial charge < -0.3 is 36.6 Å². The fourth-order valence-corrected chi connectivity index (χ4v) is 3.40. The van der Waals surface area contributed by atoms with Crippen LogP contribution in [0.25, 0.3) is 11.2 Å². The first-order valence-electron chi connectivity index (χ1n) is 8.44. The minimum absolute atomic E-state index is 0.125. The normalized spacial score (nSPS) is 31.6. The van der Waals surface area contributed by atoms with Gasteiger partial charge in [-0.25, -0.2) is 15.0 Å². The van der Waals surface area contributed by atoms with Gasteiger partial charge in [0.05, 0.1) is 12.9 Å². The second-order valence-electron chi connectivity index (χ2n) is 6.73. The van der Waals surface area contributed by atoms with Gasteiger partial charge in [0.2, 0.25) is 0 Å². The van der Waals surface area contributed by atoms with E-state index in [2.05, 4.69) is 15.0 Å². The number of fused-ring (bicyclic) bond motifs is 1. The average molecular weight is 394 g/mol. The van der Waals surface area contributed by atoms with Crippen molar-refractivity contribution >= 4 is 23.0 Å². The summed E-state index contributed by atoms with van der Waals surface area (Å²) in [5.74, 6) is -1.12. The molecule has 2 aromatic rings. The predicted molar refractivity (Wildman–Crippen MR) is 95.7 cm³/mol. The average Bonchev–Trinajstić information content (AvgIpc) is 3.17. The van der Waals surface area contributed by atoms with Crippen molar-refractivity contribution < 1.29 is 30.0 Å². The van der Waals surface area contributed by atoms with Crippen LogP contribution in [0.2, 0.25) is 0 Å². The molecule has 0 aliphatic carbocycles. The Bertz CT molecular complexity index is 918. The number of anilines is 1. The van der Waals surface area contributed by atoms with E-state index in [1.165, 1.54) is 36.3 Å². The van der Waals surface area contributed by atoms with E-state index in [1.807, 2.05) is 0 Å². The SMILES string of the molecule is C[C@@]1(n2cnc3c(N)ncnc32)O[C@H](CO)[C@@H](O)[C@]1(O)CC=CC(N)C(=O)O. The molecule has 0 spiro atoms. The largest absolute Gasteiger partial charge is 0.480 e. The molecule has 0 bridgehead atoms. The molecule has 0 saturated carbocycles. The number of ether oxygens (including phenoxy) is 1. The van der Waals surface area contributed by atoms with Crippen LogP contribution in [0.15, 0.2) is 24.8 Å². The third kappa shape index (κ3) is 2.91. The van der Waals surface area contributed by atoms with Gasteiger partial charge in [-0.15, -0.1) is 0 Å². The number of hydrogen-bond donors (Lipinski definition) is 6. The van der Waals surface area contributed by atoms with Crippen molar-refractivity contribution in [1.29, 1.82) is 0 Å². The highest BCUT2D eigenvalue weighted by Crippen LogP contribution is 2.46. The Hall–Kier alpha value is -2.64. The van der Waals surface area contributed by atoms with Gasteiger partial charge >= 0.3 is 5.97 Å². The molecule has 12 nitrogen and oxygen atoms in total. The minimum atomic E-state index is -1.97. The number of aliphatic hydroxyl groups excluding tert-OH is 2. The molecule has 1 aliphatic heterocycles. The minimum Gasteiger partial charge on any atom is -0.480 e. The number of hydrogen-bond acceptors (Lipinski definition) is 10. The summed E-state index contributed by atoms with van der Waals surface area (Å²) in [5.41, 5.74) is 8.18. The number of imidazole rings is 1. The Kier molecular flexibility index (Phi) is 5.08. The van der Waals surface area contributed by atoms with Crippen molar-refractivity contribution in [2.45, 2.75) is 42.9 Å². The Balaban J connectivity index is 2.07. The number of aliphatic hydroxyl groups is 3. The number of aliphatic carboxylic acids is 1. The van der Waals surface area contributed by atoms with Gasteiger partial charge in [-0.1, -0.05) is 12.2 Å². The van der Waals surface area contributed by atoms with Crippen LogP contribution < -0.4 is 11.5 Å². The lowest BCUT2D eigenvalue weighted by atomic mass is 9.83. The van der Waals surface area contributed by atoms with Gasteiger partial charge in [0.25, 0.3) is 0 Å². The number of aromatic nitrogens is 4. The zero-order valence-electron chi connectivity index (χ0n) is 15.0. The summed E-state index contributed by atoms with van der Waals surface area (Å²) >= 11 is 0. The Morgan fingerprint density at radius 1 is 1.46 bits per heavy atom. The lowest BCUT2D eigenvalue weighted by molar-refractivity contribution is -0.181. The van der Waals surface area contributed by atoms with E-state index in [4.69, 9.17) is 21.3 Å². The maximum Gasteiger partial charge on any atom is 0.324 e. The van der Waals surface area contributed by atoms with Crippen molar-refractivity contribution in [2.75, 3.05) is 12.3 Å². The standard InChI is InChI=1S/C16H22N6O6/c1-15(22-7-21-10-12(18)19-6-20-13(10)22)16(27,11(24)9(5-23)28-15)4-2-3-8(17)14(25)26/h2-3,6-9,11,23-24,27H,4-5,17H2,1H3,(H,25,26)(H2,18,19,20)/t8?,9-,11-,15-,16-/m1/s1. The first-order chi connectivity index (χ1) is 13.2. The molecular formula is C16H22N6O6. The molecule has 1 unspecified atom stereocenters. The summed E-state index contributed by atoms with van der Waals surface area (Å²) in [7, 11) is 0. The summed E-state index contributed by atoms with van der Waals surface area (Å²) < 4.78 is 7.21. The van der Waals surface area contributed by atoms with Crippen LogP contribution >= 0.6 is 0 Å². The summed E-state index contributed by atoms with van der Waals surface area (Å²) in [5, 5.41) is 40.5. The smallest absolute Gasteiger partial charge is 0.324 e. The fraction of sp³-hybridized carbons (Fsp3) is 0.500. The van der Waals surface area contributed by atoms with Gasteiger partial charge in [-0.05, 0) is 6.92 Å². The van der Waals surface area contributed by atoms with Crippen LogP contribution in [0.4, 0.5) is 5.82 Å². The van der Waals surface area contributed by atoms with E-state index in [0.29, 0.717) is 0 Å². The number of rotatable bonds is 6. The van der Waals surface area contributed by atoms with Crippen molar-refractivity contribution in [2.24, 2.45) is 5.73 Å². The van der Waals surface area contributed by atoms with Crippen molar-refractivity contribution in [3.05, 3.63) is 24.8 Å². The molecule has 1 aliphatic rings. The highest BCUT2D eigenvalue weighted by Gasteiger charge is 2.63. The molecule has 3 rings (SSSR count). The molecule has 12 heteroatoms. The monoisotopic (exact) mass is 394 g/mol. The Morgan fingerprint density at radius 3 is 2.82 bits per heavy atom. The number of carboxylic acid groups (broad SMARTS) is 1. The van der Waals surface area contributed by atoms with Crippen LogP contribution in [0.3, 0.4) is 0 Å². The third-order valence-electron chi connectivity index (χ3n) is 5.08. The number of nitrogen functional groups attached to an aromatic ring is 1. The first kappa shape index (κ1) is 20.1. The van der Waals surface area contributed by atoms with E-state index in [0.717, 1.165) is 0 Å². The van der Waals surface area contributed by atoms with Gasteiger partial charge in [0, 0.05) is 6.42 Å². The van der Waals surface area contributed by atoms with Gasteiger partial charge in [0.15, 0.2) is 17.2 Å². The molecule has 8 N–H and O–H groups in total. The van der Waals surface area contributed by atoms with Crippen LogP contribution in [-0.2, 0) is 15.3 Å². The third-order valence-corrected chi connectivity index (χ3v) is 5.08. The highest BCUT2D eigenvalue weighted by molar-refractivity contribution is 5.81. The number of carbonyl (C=O) groups is 1. The molecule has 1 fully saturated rings. The molecule has 0 amide bonds. The van der Waals surface area contributed by atoms with E-state index in [-0.39, 0.29) is 23.4 Å². The summed E-state index contributed by atoms with van der Waals surface area (Å²) in [4.78, 5) is 23.0. The van der Waals surface area contributed by atoms with Crippen LogP contribution in [0.5, 0.6) is 0 Å². The van der Waals surface area contributed by atoms with Crippen molar-refractivity contribution in [3.63, 3.8) is 0 Å². The Morgan fingerprint density at radius 2 is 2.18 bits per heavy atom.